The molecule has 2 atom stereocenters. The van der Waals surface area contributed by atoms with Gasteiger partial charge >= 0.3 is 0 Å². The Morgan fingerprint density at radius 3 is 2.86 bits per heavy atom. The number of carbonyl (C=O) groups is 2. The van der Waals surface area contributed by atoms with E-state index in [1.807, 2.05) is 4.90 Å². The summed E-state index contributed by atoms with van der Waals surface area (Å²) < 4.78 is 0. The molecule has 2 bridgehead atoms. The molecule has 1 aromatic rings. The fourth-order valence-electron chi connectivity index (χ4n) is 3.38. The number of fused-ring (bicyclic) bond motifs is 4. The Morgan fingerprint density at radius 1 is 1.36 bits per heavy atom. The summed E-state index contributed by atoms with van der Waals surface area (Å²) in [6.45, 7) is 2.83. The van der Waals surface area contributed by atoms with Crippen LogP contribution in [0.4, 0.5) is 0 Å². The van der Waals surface area contributed by atoms with Gasteiger partial charge in [0.15, 0.2) is 0 Å². The number of likely N-dealkylation sites (N-methyl/N-ethyl adjacent to an activating group) is 1. The van der Waals surface area contributed by atoms with Crippen LogP contribution in [0.1, 0.15) is 17.7 Å². The van der Waals surface area contributed by atoms with Crippen LogP contribution in [-0.2, 0) is 16.1 Å². The summed E-state index contributed by atoms with van der Waals surface area (Å²) in [5, 5.41) is 2.09. The molecule has 3 aliphatic heterocycles. The Morgan fingerprint density at radius 2 is 2.18 bits per heavy atom. The van der Waals surface area contributed by atoms with Gasteiger partial charge in [-0.05, 0) is 24.3 Å². The van der Waals surface area contributed by atoms with E-state index < -0.39 is 0 Å². The number of amides is 2. The van der Waals surface area contributed by atoms with Crippen molar-refractivity contribution >= 4 is 23.2 Å². The summed E-state index contributed by atoms with van der Waals surface area (Å²) in [7, 11) is 3.48. The van der Waals surface area contributed by atoms with E-state index in [9.17, 15) is 9.59 Å². The Kier molecular flexibility index (Phi) is 4.49. The topological polar surface area (TPSA) is 43.9 Å². The first kappa shape index (κ1) is 15.5. The highest BCUT2D eigenvalue weighted by molar-refractivity contribution is 7.09. The van der Waals surface area contributed by atoms with E-state index >= 15 is 0 Å². The van der Waals surface area contributed by atoms with Crippen LogP contribution in [0.5, 0.6) is 0 Å². The second-order valence-corrected chi connectivity index (χ2v) is 7.49. The lowest BCUT2D eigenvalue weighted by atomic mass is 9.94. The molecule has 4 rings (SSSR count). The SMILES string of the molecule is CN(C)C(=O)CN1C(=O)[C@H]2CC[C@@H]1CN(Cc1cccs1)C2. The van der Waals surface area contributed by atoms with Crippen molar-refractivity contribution in [1.82, 2.24) is 14.7 Å². The molecule has 0 N–H and O–H groups in total. The van der Waals surface area contributed by atoms with Crippen LogP contribution in [-0.4, -0.2) is 66.3 Å². The largest absolute Gasteiger partial charge is 0.347 e. The number of hydrogen-bond donors (Lipinski definition) is 0. The summed E-state index contributed by atoms with van der Waals surface area (Å²) in [6.07, 6.45) is 1.97. The lowest BCUT2D eigenvalue weighted by molar-refractivity contribution is -0.145. The standard InChI is InChI=1S/C16H23N3O2S/c1-17(2)15(20)11-19-13-6-5-12(16(19)21)8-18(9-13)10-14-4-3-7-22-14/h3-4,7,12-13H,5-6,8-11H2,1-2H3/t12-,13+/m0/s1. The first-order chi connectivity index (χ1) is 10.5. The van der Waals surface area contributed by atoms with E-state index in [1.54, 1.807) is 30.3 Å². The van der Waals surface area contributed by atoms with Crippen LogP contribution in [0.3, 0.4) is 0 Å². The maximum atomic E-state index is 12.6. The molecule has 0 aliphatic carbocycles. The lowest BCUT2D eigenvalue weighted by Gasteiger charge is -2.36. The van der Waals surface area contributed by atoms with Crippen molar-refractivity contribution in [2.75, 3.05) is 33.7 Å². The van der Waals surface area contributed by atoms with Gasteiger partial charge in [-0.15, -0.1) is 11.3 Å². The molecule has 22 heavy (non-hydrogen) atoms. The third-order valence-electron chi connectivity index (χ3n) is 4.63. The van der Waals surface area contributed by atoms with Crippen LogP contribution in [0, 0.1) is 5.92 Å². The Balaban J connectivity index is 1.71. The van der Waals surface area contributed by atoms with Gasteiger partial charge in [0.2, 0.25) is 11.8 Å². The summed E-state index contributed by atoms with van der Waals surface area (Å²) in [5.41, 5.74) is 0. The van der Waals surface area contributed by atoms with E-state index in [-0.39, 0.29) is 30.3 Å². The minimum atomic E-state index is 0.00528. The zero-order chi connectivity index (χ0) is 15.7. The normalized spacial score (nSPS) is 25.4. The van der Waals surface area contributed by atoms with Gasteiger partial charge in [0.1, 0.15) is 6.54 Å². The minimum Gasteiger partial charge on any atom is -0.347 e. The van der Waals surface area contributed by atoms with E-state index in [0.717, 1.165) is 32.5 Å². The second kappa shape index (κ2) is 6.38. The number of hydrogen-bond acceptors (Lipinski definition) is 4. The average molecular weight is 321 g/mol. The molecule has 0 spiro atoms. The number of carbonyl (C=O) groups excluding carboxylic acids is 2. The number of nitrogens with zero attached hydrogens (tertiary/aromatic N) is 3. The van der Waals surface area contributed by atoms with Gasteiger partial charge in [-0.3, -0.25) is 14.5 Å². The van der Waals surface area contributed by atoms with Crippen molar-refractivity contribution in [1.29, 1.82) is 0 Å². The van der Waals surface area contributed by atoms with Gasteiger partial charge in [0.05, 0.1) is 5.92 Å². The van der Waals surface area contributed by atoms with Crippen molar-refractivity contribution in [3.8, 4) is 0 Å². The fraction of sp³-hybridized carbons (Fsp3) is 0.625. The van der Waals surface area contributed by atoms with Crippen LogP contribution >= 0.6 is 11.3 Å². The molecule has 3 saturated heterocycles. The van der Waals surface area contributed by atoms with E-state index in [2.05, 4.69) is 22.4 Å². The second-order valence-electron chi connectivity index (χ2n) is 6.46. The minimum absolute atomic E-state index is 0.00528. The van der Waals surface area contributed by atoms with Crippen molar-refractivity contribution in [3.05, 3.63) is 22.4 Å². The summed E-state index contributed by atoms with van der Waals surface area (Å²) in [4.78, 5) is 31.8. The molecular weight excluding hydrogens is 298 g/mol. The molecule has 1 aromatic heterocycles. The number of rotatable bonds is 4. The molecule has 4 heterocycles. The van der Waals surface area contributed by atoms with E-state index in [0.29, 0.717) is 0 Å². The maximum Gasteiger partial charge on any atom is 0.241 e. The number of thiophene rings is 1. The van der Waals surface area contributed by atoms with Crippen LogP contribution in [0.25, 0.3) is 0 Å². The molecule has 0 radical (unpaired) electrons. The first-order valence-corrected chi connectivity index (χ1v) is 8.68. The third-order valence-corrected chi connectivity index (χ3v) is 5.49. The monoisotopic (exact) mass is 321 g/mol. The summed E-state index contributed by atoms with van der Waals surface area (Å²) >= 11 is 1.76. The van der Waals surface area contributed by atoms with Gasteiger partial charge in [0.25, 0.3) is 0 Å². The molecular formula is C16H23N3O2S. The highest BCUT2D eigenvalue weighted by Crippen LogP contribution is 2.30. The average Bonchev–Trinajstić information content (AvgIpc) is 2.85. The quantitative estimate of drug-likeness (QED) is 0.838. The van der Waals surface area contributed by atoms with Gasteiger partial charge in [-0.2, -0.15) is 0 Å². The van der Waals surface area contributed by atoms with Crippen molar-refractivity contribution in [3.63, 3.8) is 0 Å². The van der Waals surface area contributed by atoms with Gasteiger partial charge in [-0.1, -0.05) is 6.07 Å². The summed E-state index contributed by atoms with van der Waals surface area (Å²) in [5.74, 6) is 0.222. The molecule has 3 fully saturated rings. The molecule has 0 aromatic carbocycles. The van der Waals surface area contributed by atoms with Crippen LogP contribution < -0.4 is 0 Å². The van der Waals surface area contributed by atoms with Crippen molar-refractivity contribution in [2.24, 2.45) is 5.92 Å². The molecule has 120 valence electrons. The van der Waals surface area contributed by atoms with Gasteiger partial charge in [0, 0.05) is 44.6 Å². The molecule has 5 nitrogen and oxygen atoms in total. The Labute approximate surface area is 135 Å². The molecule has 3 aliphatic rings. The van der Waals surface area contributed by atoms with Crippen LogP contribution in [0.2, 0.25) is 0 Å². The fourth-order valence-corrected chi connectivity index (χ4v) is 4.12. The number of piperidine rings is 1. The first-order valence-electron chi connectivity index (χ1n) is 7.80. The molecule has 2 amide bonds. The van der Waals surface area contributed by atoms with E-state index in [1.165, 1.54) is 4.88 Å². The zero-order valence-corrected chi connectivity index (χ0v) is 14.0. The maximum absolute atomic E-state index is 12.6. The molecule has 6 heteroatoms. The Hall–Kier alpha value is -1.40. The smallest absolute Gasteiger partial charge is 0.241 e. The van der Waals surface area contributed by atoms with Crippen molar-refractivity contribution < 1.29 is 9.59 Å². The van der Waals surface area contributed by atoms with Crippen molar-refractivity contribution in [2.45, 2.75) is 25.4 Å². The predicted octanol–water partition coefficient (Wildman–Crippen LogP) is 1.26. The highest BCUT2D eigenvalue weighted by Gasteiger charge is 2.41. The molecule has 0 saturated carbocycles. The zero-order valence-electron chi connectivity index (χ0n) is 13.2. The third kappa shape index (κ3) is 3.17. The van der Waals surface area contributed by atoms with Gasteiger partial charge < -0.3 is 9.80 Å². The Bertz CT molecular complexity index is 544. The van der Waals surface area contributed by atoms with E-state index in [4.69, 9.17) is 0 Å². The highest BCUT2D eigenvalue weighted by atomic mass is 32.1. The van der Waals surface area contributed by atoms with Gasteiger partial charge in [-0.25, -0.2) is 0 Å². The molecule has 0 unspecified atom stereocenters. The lowest BCUT2D eigenvalue weighted by Crippen LogP contribution is -2.51. The predicted molar refractivity (Wildman–Crippen MR) is 86.5 cm³/mol. The summed E-state index contributed by atoms with van der Waals surface area (Å²) in [6, 6.07) is 4.39. The van der Waals surface area contributed by atoms with Crippen LogP contribution in [0.15, 0.2) is 17.5 Å².